The minimum atomic E-state index is -0.619. The third-order valence-electron chi connectivity index (χ3n) is 5.00. The van der Waals surface area contributed by atoms with Crippen molar-refractivity contribution in [3.63, 3.8) is 0 Å². The predicted molar refractivity (Wildman–Crippen MR) is 118 cm³/mol. The van der Waals surface area contributed by atoms with Crippen molar-refractivity contribution >= 4 is 5.71 Å². The maximum Gasteiger partial charge on any atom is 0.145 e. The molecule has 2 aromatic carbocycles. The van der Waals surface area contributed by atoms with E-state index >= 15 is 0 Å². The summed E-state index contributed by atoms with van der Waals surface area (Å²) in [6.45, 7) is 5.82. The molecule has 0 radical (unpaired) electrons. The Morgan fingerprint density at radius 3 is 2.71 bits per heavy atom. The van der Waals surface area contributed by atoms with Crippen molar-refractivity contribution in [2.75, 3.05) is 26.8 Å². The fraction of sp³-hybridized carbons (Fsp3) is 0.458. The second-order valence-electron chi connectivity index (χ2n) is 8.06. The van der Waals surface area contributed by atoms with Gasteiger partial charge in [0.2, 0.25) is 0 Å². The molecular formula is C24H31FN2O4. The Hall–Kier alpha value is -2.48. The van der Waals surface area contributed by atoms with Gasteiger partial charge in [0.25, 0.3) is 0 Å². The van der Waals surface area contributed by atoms with Gasteiger partial charge < -0.3 is 19.4 Å². The zero-order valence-corrected chi connectivity index (χ0v) is 18.3. The van der Waals surface area contributed by atoms with Crippen LogP contribution in [0.4, 0.5) is 4.39 Å². The number of aliphatic hydroxyl groups excluding tert-OH is 1. The molecule has 1 aliphatic rings. The zero-order valence-electron chi connectivity index (χ0n) is 18.3. The minimum Gasteiger partial charge on any atom is -0.497 e. The second kappa shape index (κ2) is 11.2. The minimum absolute atomic E-state index is 0.0614. The van der Waals surface area contributed by atoms with E-state index in [1.165, 1.54) is 12.1 Å². The second-order valence-corrected chi connectivity index (χ2v) is 8.06. The van der Waals surface area contributed by atoms with Crippen LogP contribution in [0.3, 0.4) is 0 Å². The molecule has 0 bridgehead atoms. The Labute approximate surface area is 183 Å². The summed E-state index contributed by atoms with van der Waals surface area (Å²) in [5, 5.41) is 14.7. The Kier molecular flexibility index (Phi) is 8.40. The first-order valence-electron chi connectivity index (χ1n) is 10.6. The van der Waals surface area contributed by atoms with E-state index in [4.69, 9.17) is 14.3 Å². The molecule has 31 heavy (non-hydrogen) atoms. The van der Waals surface area contributed by atoms with Gasteiger partial charge in [0.15, 0.2) is 0 Å². The number of oxime groups is 1. The lowest BCUT2D eigenvalue weighted by molar-refractivity contribution is -0.0194. The van der Waals surface area contributed by atoms with E-state index in [0.29, 0.717) is 26.1 Å². The smallest absolute Gasteiger partial charge is 0.145 e. The van der Waals surface area contributed by atoms with Crippen LogP contribution in [0.5, 0.6) is 5.75 Å². The van der Waals surface area contributed by atoms with E-state index < -0.39 is 6.10 Å². The third kappa shape index (κ3) is 7.31. The van der Waals surface area contributed by atoms with E-state index in [1.807, 2.05) is 38.1 Å². The normalized spacial score (nSPS) is 17.0. The summed E-state index contributed by atoms with van der Waals surface area (Å²) in [6, 6.07) is 14.1. The monoisotopic (exact) mass is 430 g/mol. The van der Waals surface area contributed by atoms with Crippen LogP contribution in [-0.4, -0.2) is 60.8 Å². The zero-order chi connectivity index (χ0) is 22.2. The molecule has 168 valence electrons. The van der Waals surface area contributed by atoms with Crippen molar-refractivity contribution in [1.29, 1.82) is 0 Å². The van der Waals surface area contributed by atoms with Gasteiger partial charge in [-0.2, -0.15) is 0 Å². The quantitative estimate of drug-likeness (QED) is 0.590. The third-order valence-corrected chi connectivity index (χ3v) is 5.00. The van der Waals surface area contributed by atoms with Crippen molar-refractivity contribution in [3.8, 4) is 5.75 Å². The van der Waals surface area contributed by atoms with Crippen molar-refractivity contribution in [2.24, 2.45) is 5.16 Å². The highest BCUT2D eigenvalue weighted by Gasteiger charge is 2.26. The van der Waals surface area contributed by atoms with Gasteiger partial charge >= 0.3 is 0 Å². The molecule has 7 heteroatoms. The predicted octanol–water partition coefficient (Wildman–Crippen LogP) is 3.62. The largest absolute Gasteiger partial charge is 0.497 e. The molecule has 0 spiro atoms. The molecule has 1 heterocycles. The topological polar surface area (TPSA) is 63.5 Å². The molecule has 1 aliphatic heterocycles. The number of halogens is 1. The first kappa shape index (κ1) is 23.2. The Bertz CT molecular complexity index is 857. The first-order valence-corrected chi connectivity index (χ1v) is 10.6. The summed E-state index contributed by atoms with van der Waals surface area (Å²) in [4.78, 5) is 7.79. The molecule has 0 saturated carbocycles. The maximum atomic E-state index is 13.2. The highest BCUT2D eigenvalue weighted by molar-refractivity contribution is 6.01. The summed E-state index contributed by atoms with van der Waals surface area (Å²) < 4.78 is 24.1. The molecule has 0 aliphatic carbocycles. The van der Waals surface area contributed by atoms with Gasteiger partial charge in [-0.1, -0.05) is 29.4 Å². The molecule has 0 fully saturated rings. The highest BCUT2D eigenvalue weighted by atomic mass is 19.1. The van der Waals surface area contributed by atoms with Crippen LogP contribution in [0, 0.1) is 5.82 Å². The van der Waals surface area contributed by atoms with E-state index in [0.717, 1.165) is 22.6 Å². The van der Waals surface area contributed by atoms with Gasteiger partial charge in [-0.05, 0) is 49.2 Å². The van der Waals surface area contributed by atoms with Crippen molar-refractivity contribution < 1.29 is 23.8 Å². The Morgan fingerprint density at radius 2 is 2.00 bits per heavy atom. The van der Waals surface area contributed by atoms with Gasteiger partial charge in [0, 0.05) is 26.1 Å². The lowest BCUT2D eigenvalue weighted by Gasteiger charge is -2.27. The molecule has 0 amide bonds. The number of rotatable bonds is 11. The van der Waals surface area contributed by atoms with Gasteiger partial charge in [-0.25, -0.2) is 4.39 Å². The highest BCUT2D eigenvalue weighted by Crippen LogP contribution is 2.20. The molecular weight excluding hydrogens is 399 g/mol. The number of methoxy groups -OCH3 is 1. The van der Waals surface area contributed by atoms with Crippen LogP contribution < -0.4 is 4.74 Å². The summed E-state index contributed by atoms with van der Waals surface area (Å²) in [5.41, 5.74) is 2.73. The van der Waals surface area contributed by atoms with Crippen LogP contribution in [-0.2, 0) is 16.1 Å². The molecule has 2 aromatic rings. The van der Waals surface area contributed by atoms with Gasteiger partial charge in [0.1, 0.15) is 17.7 Å². The van der Waals surface area contributed by atoms with E-state index in [1.54, 1.807) is 19.2 Å². The summed E-state index contributed by atoms with van der Waals surface area (Å²) in [7, 11) is 1.64. The maximum absolute atomic E-state index is 13.2. The molecule has 6 nitrogen and oxygen atoms in total. The van der Waals surface area contributed by atoms with Crippen molar-refractivity contribution in [3.05, 3.63) is 65.5 Å². The Balaban J connectivity index is 1.63. The molecule has 0 aromatic heterocycles. The average Bonchev–Trinajstić information content (AvgIpc) is 3.21. The van der Waals surface area contributed by atoms with Crippen LogP contribution in [0.15, 0.2) is 53.7 Å². The van der Waals surface area contributed by atoms with Gasteiger partial charge in [0.05, 0.1) is 31.6 Å². The summed E-state index contributed by atoms with van der Waals surface area (Å²) in [6.07, 6.45) is -0.0826. The van der Waals surface area contributed by atoms with Crippen LogP contribution in [0.25, 0.3) is 0 Å². The summed E-state index contributed by atoms with van der Waals surface area (Å²) >= 11 is 0. The fourth-order valence-electron chi connectivity index (χ4n) is 3.51. The van der Waals surface area contributed by atoms with Crippen LogP contribution in [0.2, 0.25) is 0 Å². The Morgan fingerprint density at radius 1 is 1.23 bits per heavy atom. The average molecular weight is 431 g/mol. The lowest BCUT2D eigenvalue weighted by Crippen LogP contribution is -2.39. The number of aliphatic hydroxyl groups is 1. The van der Waals surface area contributed by atoms with Gasteiger partial charge in [-0.3, -0.25) is 4.90 Å². The van der Waals surface area contributed by atoms with Crippen molar-refractivity contribution in [1.82, 2.24) is 4.90 Å². The molecule has 3 rings (SSSR count). The molecule has 2 atom stereocenters. The number of ether oxygens (including phenoxy) is 2. The van der Waals surface area contributed by atoms with E-state index in [9.17, 15) is 9.50 Å². The fourth-order valence-corrected chi connectivity index (χ4v) is 3.51. The van der Waals surface area contributed by atoms with Crippen LogP contribution in [0.1, 0.15) is 31.4 Å². The SMILES string of the molecule is COc1cccc(CN(C[C@H](O)COC(C)C)C[C@H]2CC(c3ccc(F)cc3)=NO2)c1. The van der Waals surface area contributed by atoms with Crippen molar-refractivity contribution in [2.45, 2.75) is 45.1 Å². The van der Waals surface area contributed by atoms with Crippen LogP contribution >= 0.6 is 0 Å². The number of nitrogens with zero attached hydrogens (tertiary/aromatic N) is 2. The van der Waals surface area contributed by atoms with E-state index in [-0.39, 0.29) is 24.6 Å². The van der Waals surface area contributed by atoms with Gasteiger partial charge in [-0.15, -0.1) is 0 Å². The first-order chi connectivity index (χ1) is 14.9. The summed E-state index contributed by atoms with van der Waals surface area (Å²) in [5.74, 6) is 0.516. The standard InChI is InChI=1S/C24H31FN2O4/c1-17(2)30-16-21(28)14-27(13-18-5-4-6-22(11-18)29-3)15-23-12-24(26-31-23)19-7-9-20(25)10-8-19/h4-11,17,21,23,28H,12-16H2,1-3H3/t21-,23+/m0/s1. The molecule has 0 saturated heterocycles. The number of hydrogen-bond donors (Lipinski definition) is 1. The molecule has 1 N–H and O–H groups in total. The molecule has 0 unspecified atom stereocenters. The number of benzene rings is 2. The lowest BCUT2D eigenvalue weighted by atomic mass is 10.0. The number of hydrogen-bond acceptors (Lipinski definition) is 6. The van der Waals surface area contributed by atoms with E-state index in [2.05, 4.69) is 10.1 Å².